The van der Waals surface area contributed by atoms with Gasteiger partial charge in [0.25, 0.3) is 0 Å². The van der Waals surface area contributed by atoms with E-state index in [1.54, 1.807) is 20.8 Å². The van der Waals surface area contributed by atoms with Gasteiger partial charge >= 0.3 is 17.9 Å². The maximum absolute atomic E-state index is 10.6. The summed E-state index contributed by atoms with van der Waals surface area (Å²) < 4.78 is 13.5. The summed E-state index contributed by atoms with van der Waals surface area (Å²) in [4.78, 5) is 31.3. The molecule has 18 heavy (non-hydrogen) atoms. The fraction of sp³-hybridized carbons (Fsp3) is 0.727. The largest absolute Gasteiger partial charge is 0.466 e. The van der Waals surface area contributed by atoms with E-state index in [4.69, 9.17) is 11.6 Å². The molecule has 0 bridgehead atoms. The first kappa shape index (κ1) is 19.0. The lowest BCUT2D eigenvalue weighted by molar-refractivity contribution is -0.154. The fourth-order valence-electron chi connectivity index (χ4n) is 0.741. The van der Waals surface area contributed by atoms with E-state index in [-0.39, 0.29) is 31.5 Å². The molecule has 0 aliphatic rings. The second kappa shape index (κ2) is 13.8. The summed E-state index contributed by atoms with van der Waals surface area (Å²) in [5.74, 6) is -1.48. The highest BCUT2D eigenvalue weighted by Gasteiger charge is 2.09. The van der Waals surface area contributed by atoms with Crippen LogP contribution in [0.5, 0.6) is 0 Å². The van der Waals surface area contributed by atoms with Gasteiger partial charge in [0.15, 0.2) is 0 Å². The summed E-state index contributed by atoms with van der Waals surface area (Å²) in [7, 11) is 0. The highest BCUT2D eigenvalue weighted by molar-refractivity contribution is 6.26. The van der Waals surface area contributed by atoms with Crippen molar-refractivity contribution in [3.63, 3.8) is 0 Å². The third-order valence-electron chi connectivity index (χ3n) is 1.31. The second-order valence-electron chi connectivity index (χ2n) is 2.73. The Morgan fingerprint density at radius 2 is 1.11 bits per heavy atom. The Labute approximate surface area is 112 Å². The zero-order valence-electron chi connectivity index (χ0n) is 10.9. The molecule has 0 fully saturated rings. The van der Waals surface area contributed by atoms with Crippen LogP contribution in [0.1, 0.15) is 27.2 Å². The minimum Gasteiger partial charge on any atom is -0.466 e. The Balaban J connectivity index is 0. The Morgan fingerprint density at radius 1 is 0.778 bits per heavy atom. The molecular formula is C11H19ClO6. The molecule has 0 heterocycles. The van der Waals surface area contributed by atoms with Gasteiger partial charge < -0.3 is 14.2 Å². The van der Waals surface area contributed by atoms with Crippen molar-refractivity contribution in [2.24, 2.45) is 0 Å². The van der Waals surface area contributed by atoms with Crippen LogP contribution < -0.4 is 0 Å². The lowest BCUT2D eigenvalue weighted by atomic mass is 10.4. The molecule has 0 unspecified atom stereocenters. The molecular weight excluding hydrogens is 264 g/mol. The molecule has 0 aromatic carbocycles. The van der Waals surface area contributed by atoms with Gasteiger partial charge in [-0.15, -0.1) is 11.6 Å². The minimum atomic E-state index is -0.536. The van der Waals surface area contributed by atoms with E-state index in [1.807, 2.05) is 0 Å². The molecule has 0 amide bonds. The number of hydrogen-bond acceptors (Lipinski definition) is 6. The quantitative estimate of drug-likeness (QED) is 0.316. The lowest BCUT2D eigenvalue weighted by Crippen LogP contribution is -2.13. The zero-order chi connectivity index (χ0) is 14.4. The molecule has 0 aliphatic heterocycles. The van der Waals surface area contributed by atoms with Crippen molar-refractivity contribution in [2.75, 3.05) is 25.7 Å². The monoisotopic (exact) mass is 282 g/mol. The van der Waals surface area contributed by atoms with Gasteiger partial charge in [0.1, 0.15) is 12.3 Å². The molecule has 0 aromatic rings. The average Bonchev–Trinajstić information content (AvgIpc) is 2.30. The maximum atomic E-state index is 10.6. The highest BCUT2D eigenvalue weighted by Crippen LogP contribution is 1.89. The summed E-state index contributed by atoms with van der Waals surface area (Å²) in [6.45, 7) is 6.10. The first-order valence-corrected chi connectivity index (χ1v) is 6.07. The van der Waals surface area contributed by atoms with Crippen LogP contribution >= 0.6 is 11.6 Å². The number of rotatable bonds is 6. The maximum Gasteiger partial charge on any atom is 0.320 e. The first-order chi connectivity index (χ1) is 8.51. The SMILES string of the molecule is CCOC(=O)CC(=O)OCC.CCOC(=O)CCl. The highest BCUT2D eigenvalue weighted by atomic mass is 35.5. The van der Waals surface area contributed by atoms with Crippen LogP contribution in [-0.2, 0) is 28.6 Å². The topological polar surface area (TPSA) is 78.9 Å². The van der Waals surface area contributed by atoms with Gasteiger partial charge in [0, 0.05) is 0 Å². The van der Waals surface area contributed by atoms with Crippen LogP contribution in [0, 0.1) is 0 Å². The third-order valence-corrected chi connectivity index (χ3v) is 1.53. The summed E-state index contributed by atoms with van der Waals surface area (Å²) in [6.07, 6.45) is -0.290. The first-order valence-electron chi connectivity index (χ1n) is 5.54. The van der Waals surface area contributed by atoms with Gasteiger partial charge in [-0.25, -0.2) is 0 Å². The van der Waals surface area contributed by atoms with Crippen LogP contribution in [0.3, 0.4) is 0 Å². The van der Waals surface area contributed by atoms with Crippen LogP contribution in [0.15, 0.2) is 0 Å². The van der Waals surface area contributed by atoms with Crippen LogP contribution in [0.2, 0.25) is 0 Å². The van der Waals surface area contributed by atoms with Crippen molar-refractivity contribution in [3.8, 4) is 0 Å². The van der Waals surface area contributed by atoms with Crippen molar-refractivity contribution in [1.82, 2.24) is 0 Å². The molecule has 0 spiro atoms. The van der Waals surface area contributed by atoms with E-state index in [1.165, 1.54) is 0 Å². The molecule has 106 valence electrons. The van der Waals surface area contributed by atoms with Crippen molar-refractivity contribution < 1.29 is 28.6 Å². The molecule has 0 aliphatic carbocycles. The van der Waals surface area contributed by atoms with Crippen molar-refractivity contribution in [1.29, 1.82) is 0 Å². The Kier molecular flexibility index (Phi) is 14.6. The van der Waals surface area contributed by atoms with E-state index < -0.39 is 11.9 Å². The van der Waals surface area contributed by atoms with Crippen molar-refractivity contribution in [3.05, 3.63) is 0 Å². The van der Waals surface area contributed by atoms with Crippen LogP contribution in [-0.4, -0.2) is 43.6 Å². The minimum absolute atomic E-state index is 0.0478. The molecule has 0 rings (SSSR count). The van der Waals surface area contributed by atoms with Gasteiger partial charge in [0.2, 0.25) is 0 Å². The molecule has 0 saturated heterocycles. The van der Waals surface area contributed by atoms with E-state index in [9.17, 15) is 14.4 Å². The number of carbonyl (C=O) groups is 3. The number of hydrogen-bond donors (Lipinski definition) is 0. The van der Waals surface area contributed by atoms with E-state index in [0.29, 0.717) is 6.61 Å². The number of carbonyl (C=O) groups excluding carboxylic acids is 3. The number of alkyl halides is 1. The van der Waals surface area contributed by atoms with Gasteiger partial charge in [-0.05, 0) is 20.8 Å². The average molecular weight is 283 g/mol. The predicted molar refractivity (Wildman–Crippen MR) is 65.2 cm³/mol. The van der Waals surface area contributed by atoms with Gasteiger partial charge in [0.05, 0.1) is 19.8 Å². The smallest absolute Gasteiger partial charge is 0.320 e. The molecule has 0 aromatic heterocycles. The van der Waals surface area contributed by atoms with Gasteiger partial charge in [-0.3, -0.25) is 14.4 Å². The Morgan fingerprint density at radius 3 is 1.33 bits per heavy atom. The zero-order valence-corrected chi connectivity index (χ0v) is 11.6. The Hall–Kier alpha value is -1.30. The van der Waals surface area contributed by atoms with Crippen molar-refractivity contribution >= 4 is 29.5 Å². The predicted octanol–water partition coefficient (Wildman–Crippen LogP) is 1.29. The Bertz CT molecular complexity index is 238. The van der Waals surface area contributed by atoms with E-state index in [2.05, 4.69) is 14.2 Å². The molecule has 0 N–H and O–H groups in total. The molecule has 6 nitrogen and oxygen atoms in total. The standard InChI is InChI=1S/C7H12O4.C4H7ClO2/c1-3-10-6(8)5-7(9)11-4-2;1-2-7-4(6)3-5/h3-5H2,1-2H3;2-3H2,1H3. The molecule has 7 heteroatoms. The molecule has 0 atom stereocenters. The number of halogens is 1. The van der Waals surface area contributed by atoms with Gasteiger partial charge in [-0.2, -0.15) is 0 Å². The van der Waals surface area contributed by atoms with Crippen molar-refractivity contribution in [2.45, 2.75) is 27.2 Å². The summed E-state index contributed by atoms with van der Waals surface area (Å²) in [5.41, 5.74) is 0. The van der Waals surface area contributed by atoms with Crippen LogP contribution in [0.4, 0.5) is 0 Å². The van der Waals surface area contributed by atoms with E-state index in [0.717, 1.165) is 0 Å². The second-order valence-corrected chi connectivity index (χ2v) is 2.99. The number of ether oxygens (including phenoxy) is 3. The lowest BCUT2D eigenvalue weighted by Gasteiger charge is -2.00. The van der Waals surface area contributed by atoms with Gasteiger partial charge in [-0.1, -0.05) is 0 Å². The molecule has 0 radical (unpaired) electrons. The van der Waals surface area contributed by atoms with Crippen LogP contribution in [0.25, 0.3) is 0 Å². The fourth-order valence-corrected chi connectivity index (χ4v) is 0.819. The summed E-state index contributed by atoms with van der Waals surface area (Å²) in [6, 6.07) is 0. The van der Waals surface area contributed by atoms with E-state index >= 15 is 0 Å². The summed E-state index contributed by atoms with van der Waals surface area (Å²) >= 11 is 5.06. The molecule has 0 saturated carbocycles. The normalized spacial score (nSPS) is 8.67. The number of esters is 3. The summed E-state index contributed by atoms with van der Waals surface area (Å²) in [5, 5.41) is 0. The third kappa shape index (κ3) is 14.7.